The van der Waals surface area contributed by atoms with Crippen molar-refractivity contribution >= 4 is 6.08 Å². The van der Waals surface area contributed by atoms with Crippen molar-refractivity contribution in [3.05, 3.63) is 88.3 Å². The summed E-state index contributed by atoms with van der Waals surface area (Å²) in [7, 11) is 0. The van der Waals surface area contributed by atoms with Crippen LogP contribution in [0.15, 0.2) is 49.2 Å². The van der Waals surface area contributed by atoms with Crippen LogP contribution in [0, 0.1) is 20.8 Å². The van der Waals surface area contributed by atoms with E-state index in [1.54, 1.807) is 6.08 Å². The fraction of sp³-hybridized carbons (Fsp3) is 0.379. The van der Waals surface area contributed by atoms with Crippen LogP contribution in [0.5, 0.6) is 0 Å². The van der Waals surface area contributed by atoms with Crippen LogP contribution in [0.4, 0.5) is 0 Å². The van der Waals surface area contributed by atoms with Crippen molar-refractivity contribution in [1.29, 1.82) is 0 Å². The molecular formula is C29H40N2. The number of hydrogen-bond acceptors (Lipinski definition) is 2. The Labute approximate surface area is 190 Å². The van der Waals surface area contributed by atoms with Crippen molar-refractivity contribution < 1.29 is 0 Å². The van der Waals surface area contributed by atoms with E-state index in [1.165, 1.54) is 33.5 Å². The number of rotatable bonds is 4. The zero-order chi connectivity index (χ0) is 23.4. The van der Waals surface area contributed by atoms with E-state index in [9.17, 15) is 0 Å². The number of allylic oxidation sites excluding steroid dienone is 6. The van der Waals surface area contributed by atoms with Gasteiger partial charge in [0.2, 0.25) is 0 Å². The topological polar surface area (TPSA) is 25.8 Å². The molecule has 3 rings (SSSR count). The van der Waals surface area contributed by atoms with Crippen molar-refractivity contribution in [2.24, 2.45) is 0 Å². The lowest BCUT2D eigenvalue weighted by Gasteiger charge is -2.19. The van der Waals surface area contributed by atoms with Gasteiger partial charge in [0.25, 0.3) is 0 Å². The second kappa shape index (κ2) is 13.5. The van der Waals surface area contributed by atoms with E-state index >= 15 is 0 Å². The summed E-state index contributed by atoms with van der Waals surface area (Å²) in [4.78, 5) is 9.95. The fourth-order valence-electron chi connectivity index (χ4n) is 3.74. The van der Waals surface area contributed by atoms with E-state index in [2.05, 4.69) is 64.7 Å². The summed E-state index contributed by atoms with van der Waals surface area (Å²) < 4.78 is 0. The smallest absolute Gasteiger partial charge is 0.0924 e. The van der Waals surface area contributed by atoms with E-state index in [0.717, 1.165) is 36.2 Å². The van der Waals surface area contributed by atoms with Gasteiger partial charge in [0.15, 0.2) is 0 Å². The molecule has 1 aliphatic rings. The highest BCUT2D eigenvalue weighted by atomic mass is 14.8. The highest BCUT2D eigenvalue weighted by molar-refractivity contribution is 5.70. The van der Waals surface area contributed by atoms with Crippen LogP contribution in [0.2, 0.25) is 0 Å². The number of hydrogen-bond donors (Lipinski definition) is 0. The minimum atomic E-state index is 0.869. The predicted octanol–water partition coefficient (Wildman–Crippen LogP) is 8.09. The summed E-state index contributed by atoms with van der Waals surface area (Å²) in [6.07, 6.45) is 19.2. The fourth-order valence-corrected chi connectivity index (χ4v) is 3.74. The summed E-state index contributed by atoms with van der Waals surface area (Å²) in [5.41, 5.74) is 10.9. The van der Waals surface area contributed by atoms with E-state index in [0.29, 0.717) is 0 Å². The molecule has 0 saturated heterocycles. The molecule has 0 atom stereocenters. The second-order valence-electron chi connectivity index (χ2n) is 7.01. The molecule has 2 aromatic heterocycles. The Hall–Kier alpha value is -2.74. The molecule has 0 spiro atoms. The molecule has 0 saturated carbocycles. The molecule has 0 fully saturated rings. The van der Waals surface area contributed by atoms with Crippen LogP contribution in [-0.2, 0) is 19.3 Å². The van der Waals surface area contributed by atoms with E-state index in [4.69, 9.17) is 9.97 Å². The van der Waals surface area contributed by atoms with Gasteiger partial charge in [0.1, 0.15) is 0 Å². The normalized spacial score (nSPS) is 14.2. The minimum Gasteiger partial charge on any atom is -0.254 e. The Bertz CT molecular complexity index is 959. The van der Waals surface area contributed by atoms with Gasteiger partial charge in [-0.05, 0) is 67.0 Å². The predicted molar refractivity (Wildman–Crippen MR) is 139 cm³/mol. The first-order valence-corrected chi connectivity index (χ1v) is 11.7. The highest BCUT2D eigenvalue weighted by Crippen LogP contribution is 2.32. The molecular weight excluding hydrogens is 376 g/mol. The van der Waals surface area contributed by atoms with Crippen molar-refractivity contribution in [2.45, 2.75) is 74.7 Å². The third kappa shape index (κ3) is 6.13. The van der Waals surface area contributed by atoms with Crippen molar-refractivity contribution in [3.63, 3.8) is 0 Å². The summed E-state index contributed by atoms with van der Waals surface area (Å²) in [6, 6.07) is 0. The maximum atomic E-state index is 5.11. The Morgan fingerprint density at radius 2 is 1.55 bits per heavy atom. The van der Waals surface area contributed by atoms with Crippen molar-refractivity contribution in [3.8, 4) is 11.4 Å². The van der Waals surface area contributed by atoms with Crippen LogP contribution in [0.1, 0.15) is 73.7 Å². The zero-order valence-corrected chi connectivity index (χ0v) is 20.8. The molecule has 0 bridgehead atoms. The molecule has 31 heavy (non-hydrogen) atoms. The lowest BCUT2D eigenvalue weighted by molar-refractivity contribution is 0.986. The molecule has 0 aromatic carbocycles. The van der Waals surface area contributed by atoms with Gasteiger partial charge < -0.3 is 0 Å². The van der Waals surface area contributed by atoms with Gasteiger partial charge in [-0.2, -0.15) is 0 Å². The van der Waals surface area contributed by atoms with Crippen LogP contribution in [0.3, 0.4) is 0 Å². The quantitative estimate of drug-likeness (QED) is 0.471. The summed E-state index contributed by atoms with van der Waals surface area (Å²) in [6.45, 7) is 20.5. The molecule has 2 heteroatoms. The second-order valence-corrected chi connectivity index (χ2v) is 7.01. The zero-order valence-electron chi connectivity index (χ0n) is 20.8. The monoisotopic (exact) mass is 416 g/mol. The molecule has 2 aromatic rings. The molecule has 0 radical (unpaired) electrons. The van der Waals surface area contributed by atoms with Crippen LogP contribution in [-0.4, -0.2) is 9.97 Å². The highest BCUT2D eigenvalue weighted by Gasteiger charge is 2.19. The van der Waals surface area contributed by atoms with Gasteiger partial charge in [-0.25, -0.2) is 0 Å². The number of fused-ring (bicyclic) bond motifs is 1. The van der Waals surface area contributed by atoms with Gasteiger partial charge in [0, 0.05) is 18.3 Å². The molecule has 1 aliphatic carbocycles. The third-order valence-corrected chi connectivity index (χ3v) is 5.48. The Morgan fingerprint density at radius 3 is 2.16 bits per heavy atom. The van der Waals surface area contributed by atoms with Gasteiger partial charge in [-0.3, -0.25) is 9.97 Å². The van der Waals surface area contributed by atoms with Gasteiger partial charge in [-0.15, -0.1) is 0 Å². The molecule has 0 N–H and O–H groups in total. The molecule has 166 valence electrons. The van der Waals surface area contributed by atoms with Gasteiger partial charge >= 0.3 is 0 Å². The Balaban J connectivity index is 0.00000113. The van der Waals surface area contributed by atoms with E-state index in [1.807, 2.05) is 40.0 Å². The minimum absolute atomic E-state index is 0.869. The third-order valence-electron chi connectivity index (χ3n) is 5.48. The van der Waals surface area contributed by atoms with Crippen LogP contribution in [0.25, 0.3) is 17.5 Å². The SMILES string of the molecule is C=C/C=C\c1cnc(-c2nc3c(c(C)c2C)C/C=C\C=C/C3)c(CC)c1C.CC.CC. The molecule has 2 heterocycles. The first-order chi connectivity index (χ1) is 15.1. The Kier molecular flexibility index (Phi) is 11.5. The number of pyridine rings is 2. The van der Waals surface area contributed by atoms with Crippen LogP contribution >= 0.6 is 0 Å². The maximum absolute atomic E-state index is 5.11. The van der Waals surface area contributed by atoms with E-state index < -0.39 is 0 Å². The van der Waals surface area contributed by atoms with Crippen molar-refractivity contribution in [1.82, 2.24) is 9.97 Å². The van der Waals surface area contributed by atoms with E-state index in [-0.39, 0.29) is 0 Å². The molecule has 0 amide bonds. The first kappa shape index (κ1) is 26.3. The van der Waals surface area contributed by atoms with Crippen molar-refractivity contribution in [2.75, 3.05) is 0 Å². The maximum Gasteiger partial charge on any atom is 0.0924 e. The van der Waals surface area contributed by atoms with Gasteiger partial charge in [-0.1, -0.05) is 83.7 Å². The summed E-state index contributed by atoms with van der Waals surface area (Å²) in [5, 5.41) is 0. The number of aromatic nitrogens is 2. The largest absolute Gasteiger partial charge is 0.254 e. The first-order valence-electron chi connectivity index (χ1n) is 11.7. The Morgan fingerprint density at radius 1 is 0.903 bits per heavy atom. The van der Waals surface area contributed by atoms with Crippen LogP contribution < -0.4 is 0 Å². The lowest BCUT2D eigenvalue weighted by atomic mass is 9.91. The molecule has 2 nitrogen and oxygen atoms in total. The average Bonchev–Trinajstić information content (AvgIpc) is 2.79. The standard InChI is InChI=1S/C25H28N2.2C2H6/c1-6-8-13-20-16-26-25(21(7-2)19(20)5)24-18(4)17(3)22-14-11-9-10-12-15-23(22)27-24;2*1-2/h6,8-13,16H,1,7,14-15H2,2-5H3;2*1-2H3/b11-9-,12-10-,13-8-;;. The molecule has 0 unspecified atom stereocenters. The molecule has 0 aliphatic heterocycles. The average molecular weight is 417 g/mol. The van der Waals surface area contributed by atoms with Gasteiger partial charge in [0.05, 0.1) is 11.4 Å². The summed E-state index contributed by atoms with van der Waals surface area (Å²) >= 11 is 0. The lowest BCUT2D eigenvalue weighted by Crippen LogP contribution is -2.08. The number of nitrogens with zero attached hydrogens (tertiary/aromatic N) is 2. The summed E-state index contributed by atoms with van der Waals surface area (Å²) in [5.74, 6) is 0.